The largest absolute Gasteiger partial charge is 0.368 e. The van der Waals surface area contributed by atoms with Crippen molar-refractivity contribution in [2.45, 2.75) is 20.0 Å². The summed E-state index contributed by atoms with van der Waals surface area (Å²) in [4.78, 5) is 18.1. The highest BCUT2D eigenvalue weighted by Gasteiger charge is 2.07. The summed E-state index contributed by atoms with van der Waals surface area (Å²) in [7, 11) is 2.04. The number of aromatic amines is 1. The molecule has 6 nitrogen and oxygen atoms in total. The van der Waals surface area contributed by atoms with Crippen LogP contribution in [0.4, 0.5) is 5.95 Å². The monoisotopic (exact) mass is 282 g/mol. The van der Waals surface area contributed by atoms with Gasteiger partial charge in [0.25, 0.3) is 0 Å². The number of nitrogen functional groups attached to an aromatic ring is 1. The van der Waals surface area contributed by atoms with E-state index in [1.807, 2.05) is 13.1 Å². The fourth-order valence-corrected chi connectivity index (χ4v) is 2.32. The topological polar surface area (TPSA) is 83.7 Å². The van der Waals surface area contributed by atoms with Gasteiger partial charge >= 0.3 is 0 Å². The number of fused-ring (bicyclic) bond motifs is 1. The Bertz CT molecular complexity index is 746. The first-order valence-corrected chi connectivity index (χ1v) is 6.80. The Morgan fingerprint density at radius 1 is 1.19 bits per heavy atom. The highest BCUT2D eigenvalue weighted by atomic mass is 15.1. The van der Waals surface area contributed by atoms with Crippen LogP contribution in [0, 0.1) is 6.92 Å². The third kappa shape index (κ3) is 3.17. The first-order valence-electron chi connectivity index (χ1n) is 6.80. The van der Waals surface area contributed by atoms with Crippen LogP contribution >= 0.6 is 0 Å². The lowest BCUT2D eigenvalue weighted by atomic mass is 10.2. The summed E-state index contributed by atoms with van der Waals surface area (Å²) >= 11 is 0. The van der Waals surface area contributed by atoms with E-state index in [4.69, 9.17) is 5.73 Å². The molecule has 0 fully saturated rings. The van der Waals surface area contributed by atoms with Crippen molar-refractivity contribution in [3.05, 3.63) is 47.5 Å². The molecular weight excluding hydrogens is 264 g/mol. The predicted molar refractivity (Wildman–Crippen MR) is 82.4 cm³/mol. The average Bonchev–Trinajstić information content (AvgIpc) is 2.82. The molecule has 2 aromatic heterocycles. The number of anilines is 1. The lowest BCUT2D eigenvalue weighted by Gasteiger charge is -2.14. The molecule has 3 aromatic rings. The van der Waals surface area contributed by atoms with Gasteiger partial charge in [0.15, 0.2) is 0 Å². The Hall–Kier alpha value is -2.47. The number of hydrogen-bond acceptors (Lipinski definition) is 5. The van der Waals surface area contributed by atoms with E-state index in [-0.39, 0.29) is 0 Å². The molecule has 0 aliphatic heterocycles. The molecule has 3 N–H and O–H groups in total. The maximum Gasteiger partial charge on any atom is 0.219 e. The van der Waals surface area contributed by atoms with Crippen LogP contribution in [0.3, 0.4) is 0 Å². The first kappa shape index (κ1) is 13.5. The Morgan fingerprint density at radius 3 is 2.71 bits per heavy atom. The molecule has 1 aromatic carbocycles. The summed E-state index contributed by atoms with van der Waals surface area (Å²) < 4.78 is 0. The normalized spacial score (nSPS) is 11.4. The second-order valence-electron chi connectivity index (χ2n) is 5.33. The smallest absolute Gasteiger partial charge is 0.219 e. The molecule has 0 atom stereocenters. The van der Waals surface area contributed by atoms with Crippen molar-refractivity contribution in [2.75, 3.05) is 12.8 Å². The number of nitrogens with one attached hydrogen (secondary N) is 1. The van der Waals surface area contributed by atoms with E-state index in [1.54, 1.807) is 12.4 Å². The minimum absolute atomic E-state index is 0.300. The Labute approximate surface area is 123 Å². The van der Waals surface area contributed by atoms with Crippen LogP contribution in [0.5, 0.6) is 0 Å². The molecule has 3 rings (SSSR count). The van der Waals surface area contributed by atoms with Gasteiger partial charge < -0.3 is 10.7 Å². The molecule has 21 heavy (non-hydrogen) atoms. The van der Waals surface area contributed by atoms with Crippen LogP contribution in [0.25, 0.3) is 11.0 Å². The Morgan fingerprint density at radius 2 is 1.95 bits per heavy atom. The van der Waals surface area contributed by atoms with Crippen molar-refractivity contribution >= 4 is 17.0 Å². The molecule has 0 bridgehead atoms. The predicted octanol–water partition coefficient (Wildman–Crippen LogP) is 1.88. The van der Waals surface area contributed by atoms with Crippen LogP contribution in [0.1, 0.15) is 17.0 Å². The number of H-pyrrole nitrogens is 1. The van der Waals surface area contributed by atoms with Crippen LogP contribution in [0.2, 0.25) is 0 Å². The lowest BCUT2D eigenvalue weighted by Crippen LogP contribution is -2.18. The maximum absolute atomic E-state index is 5.49. The molecule has 0 saturated heterocycles. The highest BCUT2D eigenvalue weighted by Crippen LogP contribution is 2.14. The van der Waals surface area contributed by atoms with Gasteiger partial charge in [0.1, 0.15) is 5.82 Å². The molecular formula is C15H18N6. The molecule has 2 heterocycles. The van der Waals surface area contributed by atoms with Crippen molar-refractivity contribution < 1.29 is 0 Å². The van der Waals surface area contributed by atoms with Gasteiger partial charge in [-0.3, -0.25) is 4.90 Å². The minimum Gasteiger partial charge on any atom is -0.368 e. The van der Waals surface area contributed by atoms with E-state index in [9.17, 15) is 0 Å². The van der Waals surface area contributed by atoms with Crippen LogP contribution in [-0.2, 0) is 13.1 Å². The first-order chi connectivity index (χ1) is 10.1. The van der Waals surface area contributed by atoms with Crippen molar-refractivity contribution in [3.8, 4) is 0 Å². The zero-order valence-electron chi connectivity index (χ0n) is 12.2. The SMILES string of the molecule is Cc1ccc2nc(CN(C)Cc3cnc(N)nc3)[nH]c2c1. The Kier molecular flexibility index (Phi) is 3.53. The van der Waals surface area contributed by atoms with E-state index in [0.29, 0.717) is 5.95 Å². The van der Waals surface area contributed by atoms with E-state index in [2.05, 4.69) is 43.9 Å². The summed E-state index contributed by atoms with van der Waals surface area (Å²) in [6, 6.07) is 6.22. The molecule has 0 unspecified atom stereocenters. The summed E-state index contributed by atoms with van der Waals surface area (Å²) in [5.74, 6) is 1.25. The van der Waals surface area contributed by atoms with E-state index < -0.39 is 0 Å². The van der Waals surface area contributed by atoms with Crippen LogP contribution in [0.15, 0.2) is 30.6 Å². The lowest BCUT2D eigenvalue weighted by molar-refractivity contribution is 0.311. The number of hydrogen-bond donors (Lipinski definition) is 2. The van der Waals surface area contributed by atoms with Gasteiger partial charge in [-0.2, -0.15) is 0 Å². The molecule has 0 aliphatic rings. The minimum atomic E-state index is 0.300. The van der Waals surface area contributed by atoms with Crippen molar-refractivity contribution in [2.24, 2.45) is 0 Å². The third-order valence-corrected chi connectivity index (χ3v) is 3.28. The van der Waals surface area contributed by atoms with Gasteiger partial charge in [0.05, 0.1) is 17.6 Å². The van der Waals surface area contributed by atoms with Gasteiger partial charge in [-0.05, 0) is 31.7 Å². The number of rotatable bonds is 4. The van der Waals surface area contributed by atoms with E-state index in [1.165, 1.54) is 5.56 Å². The number of benzene rings is 1. The molecule has 0 radical (unpaired) electrons. The Balaban J connectivity index is 1.70. The fourth-order valence-electron chi connectivity index (χ4n) is 2.32. The van der Waals surface area contributed by atoms with Crippen LogP contribution in [-0.4, -0.2) is 31.9 Å². The third-order valence-electron chi connectivity index (χ3n) is 3.28. The summed E-state index contributed by atoms with van der Waals surface area (Å²) in [5, 5.41) is 0. The van der Waals surface area contributed by atoms with Gasteiger partial charge in [0, 0.05) is 24.5 Å². The summed E-state index contributed by atoms with van der Waals surface area (Å²) in [6.07, 6.45) is 3.50. The second-order valence-corrected chi connectivity index (χ2v) is 5.33. The summed E-state index contributed by atoms with van der Waals surface area (Å²) in [5.41, 5.74) is 9.82. The molecule has 0 aliphatic carbocycles. The number of imidazole rings is 1. The number of aromatic nitrogens is 4. The second kappa shape index (κ2) is 5.49. The standard InChI is InChI=1S/C15H18N6/c1-10-3-4-12-13(5-10)20-14(19-12)9-21(2)8-11-6-17-15(16)18-7-11/h3-7H,8-9H2,1-2H3,(H,19,20)(H2,16,17,18). The summed E-state index contributed by atoms with van der Waals surface area (Å²) in [6.45, 7) is 3.56. The van der Waals surface area contributed by atoms with Gasteiger partial charge in [-0.25, -0.2) is 15.0 Å². The molecule has 0 saturated carbocycles. The fraction of sp³-hybridized carbons (Fsp3) is 0.267. The number of nitrogens with zero attached hydrogens (tertiary/aromatic N) is 4. The maximum atomic E-state index is 5.49. The highest BCUT2D eigenvalue weighted by molar-refractivity contribution is 5.75. The zero-order valence-corrected chi connectivity index (χ0v) is 12.2. The van der Waals surface area contributed by atoms with Gasteiger partial charge in [0.2, 0.25) is 5.95 Å². The number of aryl methyl sites for hydroxylation is 1. The number of nitrogens with two attached hydrogens (primary N) is 1. The molecule has 6 heteroatoms. The van der Waals surface area contributed by atoms with E-state index >= 15 is 0 Å². The quantitative estimate of drug-likeness (QED) is 0.763. The van der Waals surface area contributed by atoms with Gasteiger partial charge in [-0.1, -0.05) is 6.07 Å². The molecule has 0 amide bonds. The van der Waals surface area contributed by atoms with Crippen molar-refractivity contribution in [3.63, 3.8) is 0 Å². The average molecular weight is 282 g/mol. The molecule has 108 valence electrons. The zero-order chi connectivity index (χ0) is 14.8. The van der Waals surface area contributed by atoms with Crippen LogP contribution < -0.4 is 5.73 Å². The van der Waals surface area contributed by atoms with Crippen molar-refractivity contribution in [1.82, 2.24) is 24.8 Å². The van der Waals surface area contributed by atoms with Gasteiger partial charge in [-0.15, -0.1) is 0 Å². The van der Waals surface area contributed by atoms with Crippen molar-refractivity contribution in [1.29, 1.82) is 0 Å². The molecule has 0 spiro atoms. The van der Waals surface area contributed by atoms with E-state index in [0.717, 1.165) is 35.5 Å².